The van der Waals surface area contributed by atoms with Crippen LogP contribution in [0.15, 0.2) is 66.7 Å². The summed E-state index contributed by atoms with van der Waals surface area (Å²) >= 11 is 0. The maximum absolute atomic E-state index is 13.1. The predicted molar refractivity (Wildman–Crippen MR) is 115 cm³/mol. The highest BCUT2D eigenvalue weighted by Gasteiger charge is 2.26. The quantitative estimate of drug-likeness (QED) is 0.687. The lowest BCUT2D eigenvalue weighted by atomic mass is 10.0. The Hall–Kier alpha value is -3.41. The molecule has 0 unspecified atom stereocenters. The highest BCUT2D eigenvalue weighted by atomic mass is 16.2. The third-order valence-electron chi connectivity index (χ3n) is 5.47. The number of nitrogens with one attached hydrogen (secondary N) is 1. The van der Waals surface area contributed by atoms with E-state index in [0.29, 0.717) is 37.6 Å². The van der Waals surface area contributed by atoms with E-state index in [9.17, 15) is 9.59 Å². The van der Waals surface area contributed by atoms with Crippen molar-refractivity contribution < 1.29 is 9.59 Å². The number of hydrogen-bond donors (Lipinski definition) is 1. The normalized spacial score (nSPS) is 14.7. The Labute approximate surface area is 176 Å². The summed E-state index contributed by atoms with van der Waals surface area (Å²) in [5, 5.41) is 7.36. The molecule has 0 spiro atoms. The standard InChI is InChI=1S/C24H26N4O2/c1-18(20-11-6-3-7-12-20)16-25-23(29)21-15-22-24(30)27(13-8-14-28(22)26-21)17-19-9-4-2-5-10-19/h2-7,9-12,15,18H,8,13-14,16-17H2,1H3,(H,25,29)/t18-/m1/s1. The van der Waals surface area contributed by atoms with Gasteiger partial charge in [-0.25, -0.2) is 0 Å². The molecule has 1 aliphatic rings. The van der Waals surface area contributed by atoms with Crippen LogP contribution in [0.3, 0.4) is 0 Å². The Balaban J connectivity index is 1.43. The van der Waals surface area contributed by atoms with E-state index >= 15 is 0 Å². The molecule has 3 aromatic rings. The van der Waals surface area contributed by atoms with E-state index in [2.05, 4.69) is 29.5 Å². The van der Waals surface area contributed by atoms with Crippen LogP contribution in [0, 0.1) is 0 Å². The second kappa shape index (κ2) is 8.95. The van der Waals surface area contributed by atoms with Crippen LogP contribution in [0.25, 0.3) is 0 Å². The molecule has 1 aliphatic heterocycles. The molecule has 4 rings (SSSR count). The summed E-state index contributed by atoms with van der Waals surface area (Å²) < 4.78 is 1.67. The van der Waals surface area contributed by atoms with Crippen molar-refractivity contribution in [3.63, 3.8) is 0 Å². The number of carbonyl (C=O) groups is 2. The predicted octanol–water partition coefficient (Wildman–Crippen LogP) is 3.46. The first kappa shape index (κ1) is 19.9. The molecule has 2 amide bonds. The van der Waals surface area contributed by atoms with Gasteiger partial charge in [0.15, 0.2) is 5.69 Å². The minimum atomic E-state index is -0.249. The lowest BCUT2D eigenvalue weighted by molar-refractivity contribution is 0.0745. The smallest absolute Gasteiger partial charge is 0.272 e. The SMILES string of the molecule is C[C@H](CNC(=O)c1cc2n(n1)CCCN(Cc1ccccc1)C2=O)c1ccccc1. The Kier molecular flexibility index (Phi) is 5.93. The summed E-state index contributed by atoms with van der Waals surface area (Å²) in [7, 11) is 0. The number of hydrogen-bond acceptors (Lipinski definition) is 3. The number of nitrogens with zero attached hydrogens (tertiary/aromatic N) is 3. The number of fused-ring (bicyclic) bond motifs is 1. The van der Waals surface area contributed by atoms with Gasteiger partial charge in [0.25, 0.3) is 11.8 Å². The number of aromatic nitrogens is 2. The van der Waals surface area contributed by atoms with Crippen LogP contribution in [0.5, 0.6) is 0 Å². The first-order valence-electron chi connectivity index (χ1n) is 10.4. The Morgan fingerprint density at radius 2 is 1.77 bits per heavy atom. The number of amides is 2. The maximum atomic E-state index is 13.1. The summed E-state index contributed by atoms with van der Waals surface area (Å²) in [6.45, 7) is 4.44. The number of rotatable bonds is 6. The molecule has 1 atom stereocenters. The second-order valence-electron chi connectivity index (χ2n) is 7.73. The van der Waals surface area contributed by atoms with Gasteiger partial charge in [0, 0.05) is 32.2 Å². The molecular formula is C24H26N4O2. The maximum Gasteiger partial charge on any atom is 0.272 e. The van der Waals surface area contributed by atoms with Crippen LogP contribution in [0.1, 0.15) is 51.4 Å². The van der Waals surface area contributed by atoms with E-state index in [0.717, 1.165) is 12.0 Å². The molecule has 0 radical (unpaired) electrons. The van der Waals surface area contributed by atoms with Crippen LogP contribution in [-0.2, 0) is 13.1 Å². The Morgan fingerprint density at radius 1 is 1.07 bits per heavy atom. The third kappa shape index (κ3) is 4.43. The molecule has 2 aromatic carbocycles. The van der Waals surface area contributed by atoms with Gasteiger partial charge in [-0.2, -0.15) is 5.10 Å². The van der Waals surface area contributed by atoms with Crippen molar-refractivity contribution in [2.75, 3.05) is 13.1 Å². The van der Waals surface area contributed by atoms with Gasteiger partial charge < -0.3 is 10.2 Å². The number of aryl methyl sites for hydroxylation is 1. The average Bonchev–Trinajstić information content (AvgIpc) is 3.16. The lowest BCUT2D eigenvalue weighted by Gasteiger charge is -2.20. The van der Waals surface area contributed by atoms with Gasteiger partial charge in [-0.3, -0.25) is 14.3 Å². The topological polar surface area (TPSA) is 67.2 Å². The van der Waals surface area contributed by atoms with Crippen LogP contribution in [-0.4, -0.2) is 39.6 Å². The fourth-order valence-corrected chi connectivity index (χ4v) is 3.74. The van der Waals surface area contributed by atoms with E-state index < -0.39 is 0 Å². The molecule has 1 aromatic heterocycles. The molecule has 2 heterocycles. The largest absolute Gasteiger partial charge is 0.350 e. The Morgan fingerprint density at radius 3 is 2.50 bits per heavy atom. The van der Waals surface area contributed by atoms with Crippen molar-refractivity contribution >= 4 is 11.8 Å². The fourth-order valence-electron chi connectivity index (χ4n) is 3.74. The van der Waals surface area contributed by atoms with Gasteiger partial charge in [-0.1, -0.05) is 67.6 Å². The summed E-state index contributed by atoms with van der Waals surface area (Å²) in [4.78, 5) is 27.5. The van der Waals surface area contributed by atoms with Gasteiger partial charge in [-0.05, 0) is 23.5 Å². The van der Waals surface area contributed by atoms with Crippen LogP contribution >= 0.6 is 0 Å². The summed E-state index contributed by atoms with van der Waals surface area (Å²) in [5.74, 6) is -0.139. The summed E-state index contributed by atoms with van der Waals surface area (Å²) in [5.41, 5.74) is 3.03. The first-order chi connectivity index (χ1) is 14.6. The minimum Gasteiger partial charge on any atom is -0.350 e. The van der Waals surface area contributed by atoms with E-state index in [1.807, 2.05) is 53.4 Å². The monoisotopic (exact) mass is 402 g/mol. The van der Waals surface area contributed by atoms with Crippen molar-refractivity contribution in [2.45, 2.75) is 32.4 Å². The van der Waals surface area contributed by atoms with Gasteiger partial charge in [-0.15, -0.1) is 0 Å². The highest BCUT2D eigenvalue weighted by molar-refractivity contribution is 5.98. The zero-order valence-corrected chi connectivity index (χ0v) is 17.1. The molecule has 0 aliphatic carbocycles. The molecular weight excluding hydrogens is 376 g/mol. The third-order valence-corrected chi connectivity index (χ3v) is 5.47. The molecule has 0 bridgehead atoms. The van der Waals surface area contributed by atoms with Crippen molar-refractivity contribution in [2.24, 2.45) is 0 Å². The molecule has 0 fully saturated rings. The van der Waals surface area contributed by atoms with E-state index in [-0.39, 0.29) is 17.7 Å². The molecule has 6 heteroatoms. The molecule has 30 heavy (non-hydrogen) atoms. The van der Waals surface area contributed by atoms with Gasteiger partial charge in [0.1, 0.15) is 5.69 Å². The average molecular weight is 402 g/mol. The van der Waals surface area contributed by atoms with Crippen LogP contribution in [0.4, 0.5) is 0 Å². The highest BCUT2D eigenvalue weighted by Crippen LogP contribution is 2.17. The van der Waals surface area contributed by atoms with Crippen molar-refractivity contribution in [3.8, 4) is 0 Å². The molecule has 1 N–H and O–H groups in total. The van der Waals surface area contributed by atoms with Crippen molar-refractivity contribution in [1.82, 2.24) is 20.0 Å². The van der Waals surface area contributed by atoms with E-state index in [1.165, 1.54) is 5.56 Å². The zero-order valence-electron chi connectivity index (χ0n) is 17.1. The summed E-state index contributed by atoms with van der Waals surface area (Å²) in [6, 6.07) is 21.6. The van der Waals surface area contributed by atoms with Gasteiger partial charge >= 0.3 is 0 Å². The molecule has 6 nitrogen and oxygen atoms in total. The van der Waals surface area contributed by atoms with Crippen LogP contribution in [0.2, 0.25) is 0 Å². The van der Waals surface area contributed by atoms with E-state index in [4.69, 9.17) is 0 Å². The van der Waals surface area contributed by atoms with E-state index in [1.54, 1.807) is 10.7 Å². The number of benzene rings is 2. The minimum absolute atomic E-state index is 0.0828. The van der Waals surface area contributed by atoms with Crippen molar-refractivity contribution in [3.05, 3.63) is 89.2 Å². The fraction of sp³-hybridized carbons (Fsp3) is 0.292. The molecule has 0 saturated carbocycles. The first-order valence-corrected chi connectivity index (χ1v) is 10.4. The summed E-state index contributed by atoms with van der Waals surface area (Å²) in [6.07, 6.45) is 0.805. The second-order valence-corrected chi connectivity index (χ2v) is 7.73. The Bertz CT molecular complexity index is 1010. The zero-order chi connectivity index (χ0) is 20.9. The van der Waals surface area contributed by atoms with Crippen molar-refractivity contribution in [1.29, 1.82) is 0 Å². The van der Waals surface area contributed by atoms with Gasteiger partial charge in [0.2, 0.25) is 0 Å². The number of carbonyl (C=O) groups excluding carboxylic acids is 2. The van der Waals surface area contributed by atoms with Crippen LogP contribution < -0.4 is 5.32 Å². The molecule has 154 valence electrons. The van der Waals surface area contributed by atoms with Gasteiger partial charge in [0.05, 0.1) is 0 Å². The lowest BCUT2D eigenvalue weighted by Crippen LogP contribution is -2.30. The molecule has 0 saturated heterocycles.